The molecule has 1 amide bonds. The van der Waals surface area contributed by atoms with Crippen molar-refractivity contribution in [1.82, 2.24) is 15.3 Å². The maximum atomic E-state index is 11.6. The summed E-state index contributed by atoms with van der Waals surface area (Å²) in [4.78, 5) is 18.1. The van der Waals surface area contributed by atoms with Gasteiger partial charge in [-0.1, -0.05) is 24.3 Å². The van der Waals surface area contributed by atoms with E-state index < -0.39 is 0 Å². The minimum atomic E-state index is -0.153. The highest BCUT2D eigenvalue weighted by Crippen LogP contribution is 2.04. The van der Waals surface area contributed by atoms with Crippen LogP contribution in [0.3, 0.4) is 0 Å². The number of H-pyrrole nitrogens is 1. The van der Waals surface area contributed by atoms with E-state index in [1.165, 1.54) is 12.5 Å². The Hall–Kier alpha value is -2.14. The number of aliphatic hydroxyl groups is 1. The number of hydrogen-bond donors (Lipinski definition) is 3. The van der Waals surface area contributed by atoms with Crippen molar-refractivity contribution in [2.24, 2.45) is 0 Å². The maximum Gasteiger partial charge on any atom is 0.269 e. The van der Waals surface area contributed by atoms with Gasteiger partial charge in [-0.25, -0.2) is 4.98 Å². The van der Waals surface area contributed by atoms with Gasteiger partial charge in [-0.3, -0.25) is 4.79 Å². The van der Waals surface area contributed by atoms with Gasteiger partial charge in [0.05, 0.1) is 19.1 Å². The van der Waals surface area contributed by atoms with Crippen LogP contribution in [0.25, 0.3) is 0 Å². The fourth-order valence-corrected chi connectivity index (χ4v) is 1.61. The number of aromatic amines is 1. The van der Waals surface area contributed by atoms with Crippen LogP contribution in [0.15, 0.2) is 36.8 Å². The number of aliphatic hydroxyl groups excluding tert-OH is 1. The largest absolute Gasteiger partial charge is 0.392 e. The molecule has 0 fully saturated rings. The third-order valence-electron chi connectivity index (χ3n) is 2.65. The number of carbonyl (C=O) groups excluding carboxylic acids is 1. The Balaban J connectivity index is 1.79. The minimum Gasteiger partial charge on any atom is -0.392 e. The Kier molecular flexibility index (Phi) is 4.09. The van der Waals surface area contributed by atoms with Gasteiger partial charge in [0, 0.05) is 6.54 Å². The average molecular weight is 245 g/mol. The lowest BCUT2D eigenvalue weighted by Gasteiger charge is -2.04. The normalized spacial score (nSPS) is 10.3. The molecule has 94 valence electrons. The lowest BCUT2D eigenvalue weighted by atomic mass is 10.1. The molecule has 0 atom stereocenters. The Morgan fingerprint density at radius 3 is 2.61 bits per heavy atom. The van der Waals surface area contributed by atoms with E-state index >= 15 is 0 Å². The van der Waals surface area contributed by atoms with Crippen LogP contribution < -0.4 is 5.32 Å². The first kappa shape index (κ1) is 12.3. The van der Waals surface area contributed by atoms with E-state index in [0.29, 0.717) is 12.2 Å². The standard InChI is InChI=1S/C13H15N3O2/c17-8-11-3-1-10(2-4-11)5-6-15-13(18)12-7-14-9-16-12/h1-4,7,9,17H,5-6,8H2,(H,14,16)(H,15,18). The molecule has 5 nitrogen and oxygen atoms in total. The Labute approximate surface area is 105 Å². The summed E-state index contributed by atoms with van der Waals surface area (Å²) >= 11 is 0. The zero-order chi connectivity index (χ0) is 12.8. The van der Waals surface area contributed by atoms with Crippen LogP contribution in [0.2, 0.25) is 0 Å². The van der Waals surface area contributed by atoms with Crippen molar-refractivity contribution in [2.45, 2.75) is 13.0 Å². The van der Waals surface area contributed by atoms with Gasteiger partial charge in [0.25, 0.3) is 5.91 Å². The second-order valence-corrected chi connectivity index (χ2v) is 3.95. The smallest absolute Gasteiger partial charge is 0.269 e. The number of imidazole rings is 1. The monoisotopic (exact) mass is 245 g/mol. The first-order valence-electron chi connectivity index (χ1n) is 5.75. The molecule has 0 bridgehead atoms. The van der Waals surface area contributed by atoms with Gasteiger partial charge in [0.2, 0.25) is 0 Å². The van der Waals surface area contributed by atoms with Gasteiger partial charge in [-0.05, 0) is 17.5 Å². The van der Waals surface area contributed by atoms with Crippen LogP contribution in [-0.4, -0.2) is 27.5 Å². The van der Waals surface area contributed by atoms with E-state index in [-0.39, 0.29) is 12.5 Å². The van der Waals surface area contributed by atoms with Crippen LogP contribution in [0.4, 0.5) is 0 Å². The molecule has 0 aliphatic carbocycles. The zero-order valence-electron chi connectivity index (χ0n) is 9.89. The molecule has 0 aliphatic heterocycles. The van der Waals surface area contributed by atoms with Gasteiger partial charge in [-0.15, -0.1) is 0 Å². The summed E-state index contributed by atoms with van der Waals surface area (Å²) in [5.74, 6) is -0.153. The molecule has 5 heteroatoms. The fourth-order valence-electron chi connectivity index (χ4n) is 1.61. The SMILES string of the molecule is O=C(NCCc1ccc(CO)cc1)c1cnc[nH]1. The zero-order valence-corrected chi connectivity index (χ0v) is 9.89. The van der Waals surface area contributed by atoms with E-state index in [0.717, 1.165) is 17.5 Å². The molecular weight excluding hydrogens is 230 g/mol. The summed E-state index contributed by atoms with van der Waals surface area (Å²) in [6.07, 6.45) is 3.72. The van der Waals surface area contributed by atoms with Crippen molar-refractivity contribution in [2.75, 3.05) is 6.54 Å². The molecule has 0 spiro atoms. The average Bonchev–Trinajstić information content (AvgIpc) is 2.93. The van der Waals surface area contributed by atoms with Gasteiger partial charge < -0.3 is 15.4 Å². The van der Waals surface area contributed by atoms with Crippen LogP contribution in [-0.2, 0) is 13.0 Å². The highest BCUT2D eigenvalue weighted by molar-refractivity contribution is 5.91. The summed E-state index contributed by atoms with van der Waals surface area (Å²) in [6.45, 7) is 0.618. The number of carbonyl (C=O) groups is 1. The predicted molar refractivity (Wildman–Crippen MR) is 67.0 cm³/mol. The minimum absolute atomic E-state index is 0.0524. The summed E-state index contributed by atoms with van der Waals surface area (Å²) in [7, 11) is 0. The van der Waals surface area contributed by atoms with E-state index in [4.69, 9.17) is 5.11 Å². The number of aromatic nitrogens is 2. The third kappa shape index (κ3) is 3.18. The van der Waals surface area contributed by atoms with Gasteiger partial charge in [0.15, 0.2) is 0 Å². The summed E-state index contributed by atoms with van der Waals surface area (Å²) in [5, 5.41) is 11.7. The van der Waals surface area contributed by atoms with Crippen LogP contribution >= 0.6 is 0 Å². The molecule has 0 saturated heterocycles. The van der Waals surface area contributed by atoms with Crippen molar-refractivity contribution in [3.05, 3.63) is 53.6 Å². The van der Waals surface area contributed by atoms with Gasteiger partial charge in [0.1, 0.15) is 5.69 Å². The second-order valence-electron chi connectivity index (χ2n) is 3.95. The molecule has 1 aromatic carbocycles. The van der Waals surface area contributed by atoms with E-state index in [1.54, 1.807) is 0 Å². The Bertz CT molecular complexity index is 491. The molecular formula is C13H15N3O2. The number of hydrogen-bond acceptors (Lipinski definition) is 3. The van der Waals surface area contributed by atoms with Crippen molar-refractivity contribution < 1.29 is 9.90 Å². The first-order valence-corrected chi connectivity index (χ1v) is 5.75. The van der Waals surface area contributed by atoms with Crippen molar-refractivity contribution >= 4 is 5.91 Å². The summed E-state index contributed by atoms with van der Waals surface area (Å²) in [5.41, 5.74) is 2.47. The number of nitrogens with one attached hydrogen (secondary N) is 2. The third-order valence-corrected chi connectivity index (χ3v) is 2.65. The number of nitrogens with zero attached hydrogens (tertiary/aromatic N) is 1. The van der Waals surface area contributed by atoms with Gasteiger partial charge >= 0.3 is 0 Å². The molecule has 0 aliphatic rings. The topological polar surface area (TPSA) is 78.0 Å². The molecule has 0 saturated carbocycles. The number of rotatable bonds is 5. The highest BCUT2D eigenvalue weighted by atomic mass is 16.3. The molecule has 18 heavy (non-hydrogen) atoms. The van der Waals surface area contributed by atoms with Crippen LogP contribution in [0, 0.1) is 0 Å². The molecule has 1 aromatic heterocycles. The molecule has 3 N–H and O–H groups in total. The molecule has 2 rings (SSSR count). The van der Waals surface area contributed by atoms with Crippen LogP contribution in [0.1, 0.15) is 21.6 Å². The highest BCUT2D eigenvalue weighted by Gasteiger charge is 2.05. The fraction of sp³-hybridized carbons (Fsp3) is 0.231. The number of benzene rings is 1. The van der Waals surface area contributed by atoms with Crippen molar-refractivity contribution in [3.8, 4) is 0 Å². The molecule has 0 unspecified atom stereocenters. The van der Waals surface area contributed by atoms with E-state index in [2.05, 4.69) is 15.3 Å². The first-order chi connectivity index (χ1) is 8.79. The van der Waals surface area contributed by atoms with E-state index in [9.17, 15) is 4.79 Å². The van der Waals surface area contributed by atoms with E-state index in [1.807, 2.05) is 24.3 Å². The van der Waals surface area contributed by atoms with Crippen molar-refractivity contribution in [1.29, 1.82) is 0 Å². The molecule has 0 radical (unpaired) electrons. The second kappa shape index (κ2) is 5.97. The molecule has 1 heterocycles. The van der Waals surface area contributed by atoms with Crippen LogP contribution in [0.5, 0.6) is 0 Å². The maximum absolute atomic E-state index is 11.6. The lowest BCUT2D eigenvalue weighted by Crippen LogP contribution is -2.25. The Morgan fingerprint density at radius 1 is 1.28 bits per heavy atom. The predicted octanol–water partition coefficient (Wildman–Crippen LogP) is 0.874. The summed E-state index contributed by atoms with van der Waals surface area (Å²) in [6, 6.07) is 7.67. The number of amides is 1. The lowest BCUT2D eigenvalue weighted by molar-refractivity contribution is 0.0949. The Morgan fingerprint density at radius 2 is 2.00 bits per heavy atom. The quantitative estimate of drug-likeness (QED) is 0.731. The van der Waals surface area contributed by atoms with Crippen molar-refractivity contribution in [3.63, 3.8) is 0 Å². The molecule has 2 aromatic rings. The summed E-state index contributed by atoms with van der Waals surface area (Å²) < 4.78 is 0. The van der Waals surface area contributed by atoms with Gasteiger partial charge in [-0.2, -0.15) is 0 Å².